The molecular weight excluding hydrogens is 300 g/mol. The van der Waals surface area contributed by atoms with Gasteiger partial charge in [0.15, 0.2) is 0 Å². The Hall–Kier alpha value is 2.26. The largest absolute Gasteiger partial charge is 2.00 e. The molecule has 0 rings (SSSR count). The van der Waals surface area contributed by atoms with E-state index in [1.807, 2.05) is 0 Å². The maximum absolute atomic E-state index is 0. The Morgan fingerprint density at radius 1 is 0.364 bits per heavy atom. The first-order valence-electron chi connectivity index (χ1n) is 0. The number of hydrogen-bond acceptors (Lipinski definition) is 0. The minimum absolute atomic E-state index is 0. The summed E-state index contributed by atoms with van der Waals surface area (Å²) in [5, 5.41) is 0. The monoisotopic (exact) mass is 306 g/mol. The van der Waals surface area contributed by atoms with Crippen LogP contribution < -0.4 is 0 Å². The first-order valence-corrected chi connectivity index (χ1v) is 0. The minimum atomic E-state index is 0. The van der Waals surface area contributed by atoms with Gasteiger partial charge in [0.1, 0.15) is 0 Å². The van der Waals surface area contributed by atoms with Crippen LogP contribution in [0.2, 0.25) is 0 Å². The summed E-state index contributed by atoms with van der Waals surface area (Å²) in [4.78, 5) is 0. The van der Waals surface area contributed by atoms with Gasteiger partial charge in [0, 0.05) is 59.0 Å². The topological polar surface area (TPSA) is 142 Å². The quantitative estimate of drug-likeness (QED) is 0.389. The van der Waals surface area contributed by atoms with Crippen LogP contribution in [0.15, 0.2) is 0 Å². The maximum atomic E-state index is 0. The molecule has 0 aromatic rings. The van der Waals surface area contributed by atoms with Crippen LogP contribution in [0.1, 0.15) is 0 Å². The van der Waals surface area contributed by atoms with Gasteiger partial charge in [-0.25, -0.2) is 0 Å². The zero-order valence-electron chi connectivity index (χ0n) is 5.35. The molecule has 0 saturated carbocycles. The van der Waals surface area contributed by atoms with E-state index in [0.29, 0.717) is 0 Å². The molecule has 2 atom stereocenters. The van der Waals surface area contributed by atoms with Gasteiger partial charge in [-0.15, -0.1) is 0 Å². The van der Waals surface area contributed by atoms with Crippen molar-refractivity contribution in [1.82, 2.24) is 0 Å². The Morgan fingerprint density at radius 2 is 0.364 bits per heavy atom. The van der Waals surface area contributed by atoms with E-state index in [-0.39, 0.29) is 106 Å². The zero-order chi connectivity index (χ0) is 0. The van der Waals surface area contributed by atoms with Crippen LogP contribution in [-0.4, -0.2) is 21.9 Å². The van der Waals surface area contributed by atoms with Crippen molar-refractivity contribution in [2.45, 2.75) is 0 Å². The Labute approximate surface area is 106 Å². The fourth-order valence-electron chi connectivity index (χ4n) is 0. The van der Waals surface area contributed by atoms with Crippen molar-refractivity contribution in [2.24, 2.45) is 0 Å². The van der Waals surface area contributed by atoms with Crippen molar-refractivity contribution >= 4 is 41.7 Å². The van der Waals surface area contributed by atoms with E-state index in [0.717, 1.165) is 0 Å². The molecule has 74 valence electrons. The molecule has 0 amide bonds. The molecule has 0 spiro atoms. The van der Waals surface area contributed by atoms with Crippen molar-refractivity contribution in [3.63, 3.8) is 0 Å². The third-order valence-corrected chi connectivity index (χ3v) is 0. The first kappa shape index (κ1) is 390. The maximum Gasteiger partial charge on any atom is 0 e. The van der Waals surface area contributed by atoms with Gasteiger partial charge < -0.3 is 27.4 Å². The van der Waals surface area contributed by atoms with Crippen LogP contribution in [0.5, 0.6) is 0 Å². The summed E-state index contributed by atoms with van der Waals surface area (Å²) in [7, 11) is 0. The van der Waals surface area contributed by atoms with Gasteiger partial charge in [-0.1, -0.05) is 0 Å². The van der Waals surface area contributed by atoms with Gasteiger partial charge in [-0.3, -0.25) is 0 Å². The van der Waals surface area contributed by atoms with Crippen LogP contribution >= 0.6 is 19.8 Å². The summed E-state index contributed by atoms with van der Waals surface area (Å²) in [6.07, 6.45) is 0. The normalized spacial score (nSPS) is 0. The molecule has 10 radical (unpaired) electrons. The van der Waals surface area contributed by atoms with Gasteiger partial charge in [0.05, 0.1) is 0 Å². The fraction of sp³-hybridized carbons (Fsp3) is 0. The molecule has 11 heavy (non-hydrogen) atoms. The summed E-state index contributed by atoms with van der Waals surface area (Å²) in [5.41, 5.74) is 0. The minimum Gasteiger partial charge on any atom is -2.00 e. The van der Waals surface area contributed by atoms with Crippen molar-refractivity contribution in [2.75, 3.05) is 0 Å². The smallest absolute Gasteiger partial charge is 0 e. The van der Waals surface area contributed by atoms with Gasteiger partial charge in [0.25, 0.3) is 0 Å². The molecular formula is H6O5P2Si2V2-10. The first-order chi connectivity index (χ1) is 0. The molecule has 0 N–H and O–H groups in total. The van der Waals surface area contributed by atoms with E-state index >= 15 is 0 Å². The van der Waals surface area contributed by atoms with Gasteiger partial charge in [-0.2, -0.15) is 19.8 Å². The molecule has 2 unspecified atom stereocenters. The van der Waals surface area contributed by atoms with Crippen LogP contribution in [0, 0.1) is 0 Å². The van der Waals surface area contributed by atoms with Gasteiger partial charge in [0.2, 0.25) is 0 Å². The van der Waals surface area contributed by atoms with Crippen LogP contribution in [-0.2, 0) is 64.5 Å². The summed E-state index contributed by atoms with van der Waals surface area (Å²) in [6.45, 7) is 0. The van der Waals surface area contributed by atoms with E-state index in [1.54, 1.807) is 0 Å². The fourth-order valence-corrected chi connectivity index (χ4v) is 0. The number of rotatable bonds is 0. The molecule has 0 bridgehead atoms. The Bertz CT molecular complexity index is 20.4. The molecule has 0 saturated heterocycles. The molecule has 0 aliphatic rings. The van der Waals surface area contributed by atoms with Crippen molar-refractivity contribution in [1.29, 1.82) is 0 Å². The van der Waals surface area contributed by atoms with E-state index in [2.05, 4.69) is 0 Å². The predicted molar refractivity (Wildman–Crippen MR) is 37.2 cm³/mol. The van der Waals surface area contributed by atoms with E-state index in [9.17, 15) is 0 Å². The second-order valence-electron chi connectivity index (χ2n) is 0. The van der Waals surface area contributed by atoms with Crippen molar-refractivity contribution in [3.8, 4) is 0 Å². The molecule has 0 aromatic heterocycles. The predicted octanol–water partition coefficient (Wildman–Crippen LogP) is -1.24. The summed E-state index contributed by atoms with van der Waals surface area (Å²) in [6, 6.07) is 0. The average molecular weight is 306 g/mol. The standard InChI is InChI=1S/5O.2H3P.2Si.2V/h;;;;;2*1H3;;;;/q5*-2;;;;;;. The second kappa shape index (κ2) is 304. The average Bonchev–Trinajstić information content (AvgIpc) is 0. The third kappa shape index (κ3) is 252. The molecule has 0 aliphatic heterocycles. The Kier molecular flexibility index (Phi) is 10800. The van der Waals surface area contributed by atoms with E-state index < -0.39 is 0 Å². The summed E-state index contributed by atoms with van der Waals surface area (Å²) in [5.74, 6) is 0. The second-order valence-corrected chi connectivity index (χ2v) is 0. The Morgan fingerprint density at radius 3 is 0.364 bits per heavy atom. The van der Waals surface area contributed by atoms with E-state index in [4.69, 9.17) is 0 Å². The van der Waals surface area contributed by atoms with Crippen LogP contribution in [0.3, 0.4) is 0 Å². The summed E-state index contributed by atoms with van der Waals surface area (Å²) < 4.78 is 0. The molecule has 11 heteroatoms. The Balaban J connectivity index is 0. The SMILES string of the molecule is P.P.[O-2].[O-2].[O-2].[O-2].[O-2].[Si].[Si].[V].[V]. The summed E-state index contributed by atoms with van der Waals surface area (Å²) >= 11 is 0. The van der Waals surface area contributed by atoms with E-state index in [1.165, 1.54) is 0 Å². The van der Waals surface area contributed by atoms with Gasteiger partial charge >= 0.3 is 0 Å². The molecule has 0 heterocycles. The van der Waals surface area contributed by atoms with Crippen molar-refractivity contribution in [3.05, 3.63) is 0 Å². The zero-order valence-corrected chi connectivity index (χ0v) is 13.0. The van der Waals surface area contributed by atoms with Crippen LogP contribution in [0.4, 0.5) is 0 Å². The van der Waals surface area contributed by atoms with Crippen molar-refractivity contribution < 1.29 is 64.5 Å². The molecule has 5 nitrogen and oxygen atoms in total. The third-order valence-electron chi connectivity index (χ3n) is 0. The number of hydrogen-bond donors (Lipinski definition) is 0. The molecule has 0 aliphatic carbocycles. The van der Waals surface area contributed by atoms with Gasteiger partial charge in [-0.05, 0) is 0 Å². The van der Waals surface area contributed by atoms with Crippen LogP contribution in [0.25, 0.3) is 0 Å². The molecule has 0 fully saturated rings. The molecule has 0 aromatic carbocycles.